The van der Waals surface area contributed by atoms with Gasteiger partial charge < -0.3 is 14.8 Å². The van der Waals surface area contributed by atoms with Crippen molar-refractivity contribution in [2.24, 2.45) is 0 Å². The normalized spacial score (nSPS) is 10.3. The fraction of sp³-hybridized carbons (Fsp3) is 0.158. The van der Waals surface area contributed by atoms with Crippen LogP contribution in [0.2, 0.25) is 0 Å². The summed E-state index contributed by atoms with van der Waals surface area (Å²) in [6.07, 6.45) is 0. The molecule has 3 aromatic rings. The fourth-order valence-corrected chi connectivity index (χ4v) is 3.16. The van der Waals surface area contributed by atoms with Crippen molar-refractivity contribution in [1.82, 2.24) is 4.98 Å². The third kappa shape index (κ3) is 3.97. The van der Waals surface area contributed by atoms with Crippen molar-refractivity contribution in [3.05, 3.63) is 65.2 Å². The van der Waals surface area contributed by atoms with Gasteiger partial charge in [0.15, 0.2) is 0 Å². The van der Waals surface area contributed by atoms with Crippen LogP contribution in [0.4, 0.5) is 5.69 Å². The molecule has 0 atom stereocenters. The Kier molecular flexibility index (Phi) is 5.30. The Morgan fingerprint density at radius 3 is 2.84 bits per heavy atom. The van der Waals surface area contributed by atoms with Crippen LogP contribution in [0.5, 0.6) is 5.75 Å². The van der Waals surface area contributed by atoms with Crippen molar-refractivity contribution in [2.75, 3.05) is 19.5 Å². The minimum absolute atomic E-state index is 0.136. The molecule has 25 heavy (non-hydrogen) atoms. The zero-order chi connectivity index (χ0) is 17.6. The number of nitrogens with one attached hydrogen (secondary N) is 1. The largest absolute Gasteiger partial charge is 0.497 e. The quantitative estimate of drug-likeness (QED) is 0.672. The molecule has 1 aromatic heterocycles. The van der Waals surface area contributed by atoms with Crippen molar-refractivity contribution in [3.63, 3.8) is 0 Å². The Balaban J connectivity index is 1.68. The Morgan fingerprint density at radius 1 is 1.20 bits per heavy atom. The highest BCUT2D eigenvalue weighted by Crippen LogP contribution is 2.27. The van der Waals surface area contributed by atoms with E-state index in [0.29, 0.717) is 5.56 Å². The highest BCUT2D eigenvalue weighted by molar-refractivity contribution is 7.13. The van der Waals surface area contributed by atoms with Gasteiger partial charge in [0.05, 0.1) is 18.4 Å². The summed E-state index contributed by atoms with van der Waals surface area (Å²) in [6.45, 7) is 0.136. The van der Waals surface area contributed by atoms with Crippen LogP contribution in [0.25, 0.3) is 10.6 Å². The van der Waals surface area contributed by atoms with Gasteiger partial charge in [-0.15, -0.1) is 11.3 Å². The van der Waals surface area contributed by atoms with E-state index in [2.05, 4.69) is 10.3 Å². The number of carbonyl (C=O) groups is 1. The summed E-state index contributed by atoms with van der Waals surface area (Å²) in [5.41, 5.74) is 2.94. The SMILES string of the molecule is CNc1ccccc1C(=O)OCc1csc(-c2cccc(OC)c2)n1. The van der Waals surface area contributed by atoms with Gasteiger partial charge in [-0.25, -0.2) is 9.78 Å². The topological polar surface area (TPSA) is 60.5 Å². The van der Waals surface area contributed by atoms with Crippen molar-refractivity contribution in [1.29, 1.82) is 0 Å². The lowest BCUT2D eigenvalue weighted by atomic mass is 10.2. The second-order valence-electron chi connectivity index (χ2n) is 5.25. The van der Waals surface area contributed by atoms with Gasteiger partial charge in [0.2, 0.25) is 0 Å². The molecule has 0 saturated heterocycles. The molecule has 0 spiro atoms. The van der Waals surface area contributed by atoms with Crippen LogP contribution in [0.15, 0.2) is 53.9 Å². The van der Waals surface area contributed by atoms with Crippen LogP contribution >= 0.6 is 11.3 Å². The summed E-state index contributed by atoms with van der Waals surface area (Å²) in [7, 11) is 3.40. The first-order valence-electron chi connectivity index (χ1n) is 7.74. The van der Waals surface area contributed by atoms with E-state index >= 15 is 0 Å². The molecular weight excluding hydrogens is 336 g/mol. The fourth-order valence-electron chi connectivity index (χ4n) is 2.36. The van der Waals surface area contributed by atoms with E-state index in [4.69, 9.17) is 9.47 Å². The van der Waals surface area contributed by atoms with E-state index in [1.54, 1.807) is 26.3 Å². The molecule has 1 heterocycles. The number of hydrogen-bond acceptors (Lipinski definition) is 6. The van der Waals surface area contributed by atoms with Gasteiger partial charge in [-0.05, 0) is 24.3 Å². The number of para-hydroxylation sites is 1. The van der Waals surface area contributed by atoms with Gasteiger partial charge in [0, 0.05) is 23.7 Å². The van der Waals surface area contributed by atoms with E-state index in [-0.39, 0.29) is 12.6 Å². The number of nitrogens with zero attached hydrogens (tertiary/aromatic N) is 1. The Bertz CT molecular complexity index is 876. The van der Waals surface area contributed by atoms with Crippen molar-refractivity contribution >= 4 is 23.0 Å². The molecule has 1 N–H and O–H groups in total. The van der Waals surface area contributed by atoms with E-state index in [0.717, 1.165) is 27.7 Å². The number of hydrogen-bond donors (Lipinski definition) is 1. The Hall–Kier alpha value is -2.86. The molecule has 0 saturated carbocycles. The number of benzene rings is 2. The number of thiazole rings is 1. The number of esters is 1. The predicted octanol–water partition coefficient (Wildman–Crippen LogP) is 4.22. The highest BCUT2D eigenvalue weighted by Gasteiger charge is 2.13. The van der Waals surface area contributed by atoms with Crippen molar-refractivity contribution in [2.45, 2.75) is 6.61 Å². The average Bonchev–Trinajstić information content (AvgIpc) is 3.15. The van der Waals surface area contributed by atoms with Gasteiger partial charge in [0.25, 0.3) is 0 Å². The third-order valence-electron chi connectivity index (χ3n) is 3.64. The van der Waals surface area contributed by atoms with Gasteiger partial charge in [-0.3, -0.25) is 0 Å². The second-order valence-corrected chi connectivity index (χ2v) is 6.11. The molecule has 0 radical (unpaired) electrons. The van der Waals surface area contributed by atoms with Gasteiger partial charge in [-0.2, -0.15) is 0 Å². The molecule has 0 aliphatic heterocycles. The second kappa shape index (κ2) is 7.81. The number of carbonyl (C=O) groups excluding carboxylic acids is 1. The van der Waals surface area contributed by atoms with Crippen LogP contribution in [0.3, 0.4) is 0 Å². The highest BCUT2D eigenvalue weighted by atomic mass is 32.1. The summed E-state index contributed by atoms with van der Waals surface area (Å²) >= 11 is 1.51. The lowest BCUT2D eigenvalue weighted by Crippen LogP contribution is -2.08. The van der Waals surface area contributed by atoms with Crippen molar-refractivity contribution in [3.8, 4) is 16.3 Å². The number of anilines is 1. The van der Waals surface area contributed by atoms with Crippen LogP contribution in [0, 0.1) is 0 Å². The van der Waals surface area contributed by atoms with E-state index in [9.17, 15) is 4.79 Å². The molecule has 0 aliphatic rings. The number of methoxy groups -OCH3 is 1. The first-order valence-corrected chi connectivity index (χ1v) is 8.62. The maximum Gasteiger partial charge on any atom is 0.340 e. The minimum atomic E-state index is -0.374. The molecule has 0 amide bonds. The number of rotatable bonds is 6. The zero-order valence-electron chi connectivity index (χ0n) is 14.0. The lowest BCUT2D eigenvalue weighted by molar-refractivity contribution is 0.0469. The Labute approximate surface area is 150 Å². The molecule has 0 aliphatic carbocycles. The van der Waals surface area contributed by atoms with E-state index < -0.39 is 0 Å². The molecular formula is C19H18N2O3S. The number of ether oxygens (including phenoxy) is 2. The molecule has 128 valence electrons. The molecule has 0 bridgehead atoms. The molecule has 3 rings (SSSR count). The van der Waals surface area contributed by atoms with Crippen LogP contribution in [-0.2, 0) is 11.3 Å². The van der Waals surface area contributed by atoms with Crippen LogP contribution < -0.4 is 10.1 Å². The Morgan fingerprint density at radius 2 is 2.04 bits per heavy atom. The first kappa shape index (κ1) is 17.0. The maximum atomic E-state index is 12.3. The molecule has 0 unspecified atom stereocenters. The number of aromatic nitrogens is 1. The van der Waals surface area contributed by atoms with E-state index in [1.807, 2.05) is 41.8 Å². The summed E-state index contributed by atoms with van der Waals surface area (Å²) in [6, 6.07) is 14.9. The summed E-state index contributed by atoms with van der Waals surface area (Å²) in [5, 5.41) is 5.74. The van der Waals surface area contributed by atoms with Gasteiger partial charge in [0.1, 0.15) is 17.4 Å². The summed E-state index contributed by atoms with van der Waals surface area (Å²) in [5.74, 6) is 0.408. The predicted molar refractivity (Wildman–Crippen MR) is 99.2 cm³/mol. The van der Waals surface area contributed by atoms with Crippen LogP contribution in [-0.4, -0.2) is 25.1 Å². The molecule has 5 nitrogen and oxygen atoms in total. The maximum absolute atomic E-state index is 12.3. The standard InChI is InChI=1S/C19H18N2O3S/c1-20-17-9-4-3-8-16(17)19(22)24-11-14-12-25-18(21-14)13-6-5-7-15(10-13)23-2/h3-10,12,20H,11H2,1-2H3. The van der Waals surface area contributed by atoms with Gasteiger partial charge >= 0.3 is 5.97 Å². The minimum Gasteiger partial charge on any atom is -0.497 e. The lowest BCUT2D eigenvalue weighted by Gasteiger charge is -2.08. The third-order valence-corrected chi connectivity index (χ3v) is 4.58. The smallest absolute Gasteiger partial charge is 0.340 e. The summed E-state index contributed by atoms with van der Waals surface area (Å²) in [4.78, 5) is 16.8. The average molecular weight is 354 g/mol. The zero-order valence-corrected chi connectivity index (χ0v) is 14.8. The molecule has 2 aromatic carbocycles. The summed E-state index contributed by atoms with van der Waals surface area (Å²) < 4.78 is 10.6. The van der Waals surface area contributed by atoms with Crippen LogP contribution in [0.1, 0.15) is 16.1 Å². The van der Waals surface area contributed by atoms with E-state index in [1.165, 1.54) is 11.3 Å². The first-order chi connectivity index (χ1) is 12.2. The van der Waals surface area contributed by atoms with Crippen molar-refractivity contribution < 1.29 is 14.3 Å². The van der Waals surface area contributed by atoms with Gasteiger partial charge in [-0.1, -0.05) is 24.3 Å². The molecule has 6 heteroatoms. The monoisotopic (exact) mass is 354 g/mol. The molecule has 0 fully saturated rings.